The Labute approximate surface area is 161 Å². The second-order valence-corrected chi connectivity index (χ2v) is 8.37. The number of sulfonamides is 1. The van der Waals surface area contributed by atoms with Gasteiger partial charge in [0.2, 0.25) is 10.0 Å². The number of morpholine rings is 1. The van der Waals surface area contributed by atoms with Gasteiger partial charge in [-0.3, -0.25) is 4.79 Å². The van der Waals surface area contributed by atoms with E-state index in [1.807, 2.05) is 0 Å². The highest BCUT2D eigenvalue weighted by molar-refractivity contribution is 7.89. The van der Waals surface area contributed by atoms with Crippen LogP contribution in [-0.4, -0.2) is 44.9 Å². The second kappa shape index (κ2) is 7.93. The highest BCUT2D eigenvalue weighted by Crippen LogP contribution is 2.25. The first-order valence-electron chi connectivity index (χ1n) is 8.24. The summed E-state index contributed by atoms with van der Waals surface area (Å²) >= 11 is 5.71. The molecule has 0 aromatic heterocycles. The molecular formula is C18H18ClFN2O4S. The average Bonchev–Trinajstić information content (AvgIpc) is 2.66. The van der Waals surface area contributed by atoms with Crippen molar-refractivity contribution < 1.29 is 22.3 Å². The summed E-state index contributed by atoms with van der Waals surface area (Å²) < 4.78 is 46.3. The number of hydrogen-bond acceptors (Lipinski definition) is 4. The summed E-state index contributed by atoms with van der Waals surface area (Å²) in [7, 11) is -3.76. The third kappa shape index (κ3) is 4.14. The Morgan fingerprint density at radius 2 is 1.93 bits per heavy atom. The highest BCUT2D eigenvalue weighted by Gasteiger charge is 2.28. The number of carbonyl (C=O) groups excluding carboxylic acids is 1. The van der Waals surface area contributed by atoms with Crippen molar-refractivity contribution in [1.82, 2.24) is 4.31 Å². The zero-order chi connectivity index (χ0) is 19.6. The molecule has 2 aromatic rings. The van der Waals surface area contributed by atoms with E-state index in [2.05, 4.69) is 5.32 Å². The van der Waals surface area contributed by atoms with Gasteiger partial charge in [0.1, 0.15) is 0 Å². The molecule has 1 aliphatic rings. The number of aryl methyl sites for hydroxylation is 1. The van der Waals surface area contributed by atoms with Gasteiger partial charge in [0.15, 0.2) is 5.82 Å². The van der Waals surface area contributed by atoms with Crippen LogP contribution >= 0.6 is 11.6 Å². The number of halogens is 2. The van der Waals surface area contributed by atoms with Crippen LogP contribution < -0.4 is 5.32 Å². The summed E-state index contributed by atoms with van der Waals surface area (Å²) in [6, 6.07) is 8.59. The van der Waals surface area contributed by atoms with E-state index in [4.69, 9.17) is 16.3 Å². The van der Waals surface area contributed by atoms with Crippen molar-refractivity contribution >= 4 is 33.2 Å². The smallest absolute Gasteiger partial charge is 0.255 e. The molecule has 0 bridgehead atoms. The molecule has 0 unspecified atom stereocenters. The van der Waals surface area contributed by atoms with Crippen LogP contribution in [-0.2, 0) is 14.8 Å². The topological polar surface area (TPSA) is 75.7 Å². The first-order valence-corrected chi connectivity index (χ1v) is 10.1. The van der Waals surface area contributed by atoms with Crippen LogP contribution in [0.5, 0.6) is 0 Å². The van der Waals surface area contributed by atoms with Crippen LogP contribution in [0.15, 0.2) is 41.3 Å². The van der Waals surface area contributed by atoms with E-state index in [9.17, 15) is 17.6 Å². The van der Waals surface area contributed by atoms with Crippen LogP contribution in [0.1, 0.15) is 15.9 Å². The fourth-order valence-corrected chi connectivity index (χ4v) is 4.57. The van der Waals surface area contributed by atoms with E-state index in [0.717, 1.165) is 0 Å². The summed E-state index contributed by atoms with van der Waals surface area (Å²) in [6.45, 7) is 2.82. The number of hydrogen-bond donors (Lipinski definition) is 1. The fourth-order valence-electron chi connectivity index (χ4n) is 2.74. The molecule has 1 amide bonds. The Hall–Kier alpha value is -2.00. The minimum atomic E-state index is -3.76. The molecule has 1 aliphatic heterocycles. The third-order valence-electron chi connectivity index (χ3n) is 4.24. The molecule has 0 spiro atoms. The van der Waals surface area contributed by atoms with Crippen molar-refractivity contribution in [3.63, 3.8) is 0 Å². The SMILES string of the molecule is Cc1ccc(C(=O)Nc2cccc(Cl)c2F)cc1S(=O)(=O)N1CCOCC1. The van der Waals surface area contributed by atoms with Crippen molar-refractivity contribution in [1.29, 1.82) is 0 Å². The lowest BCUT2D eigenvalue weighted by Crippen LogP contribution is -2.40. The maximum Gasteiger partial charge on any atom is 0.255 e. The summed E-state index contributed by atoms with van der Waals surface area (Å²) in [5, 5.41) is 2.30. The van der Waals surface area contributed by atoms with Crippen LogP contribution in [0.3, 0.4) is 0 Å². The van der Waals surface area contributed by atoms with Crippen molar-refractivity contribution in [3.05, 3.63) is 58.4 Å². The molecule has 6 nitrogen and oxygen atoms in total. The van der Waals surface area contributed by atoms with Crippen LogP contribution in [0, 0.1) is 12.7 Å². The lowest BCUT2D eigenvalue weighted by atomic mass is 10.1. The molecular weight excluding hydrogens is 395 g/mol. The largest absolute Gasteiger partial charge is 0.379 e. The van der Waals surface area contributed by atoms with Crippen LogP contribution in [0.2, 0.25) is 5.02 Å². The normalized spacial score (nSPS) is 15.5. The van der Waals surface area contributed by atoms with Crippen molar-refractivity contribution in [2.45, 2.75) is 11.8 Å². The molecule has 2 aromatic carbocycles. The predicted octanol–water partition coefficient (Wildman–Crippen LogP) is 3.06. The van der Waals surface area contributed by atoms with Gasteiger partial charge in [0, 0.05) is 18.7 Å². The summed E-state index contributed by atoms with van der Waals surface area (Å²) in [5.41, 5.74) is 0.546. The lowest BCUT2D eigenvalue weighted by Gasteiger charge is -2.26. The minimum Gasteiger partial charge on any atom is -0.379 e. The van der Waals surface area contributed by atoms with Gasteiger partial charge in [-0.25, -0.2) is 12.8 Å². The molecule has 0 aliphatic carbocycles. The summed E-state index contributed by atoms with van der Waals surface area (Å²) in [6.07, 6.45) is 0. The predicted molar refractivity (Wildman–Crippen MR) is 100 cm³/mol. The van der Waals surface area contributed by atoms with E-state index < -0.39 is 21.7 Å². The van der Waals surface area contributed by atoms with Crippen molar-refractivity contribution in [2.24, 2.45) is 0 Å². The number of benzene rings is 2. The Kier molecular flexibility index (Phi) is 5.81. The van der Waals surface area contributed by atoms with Gasteiger partial charge in [-0.15, -0.1) is 0 Å². The number of nitrogens with one attached hydrogen (secondary N) is 1. The second-order valence-electron chi connectivity index (χ2n) is 6.05. The van der Waals surface area contributed by atoms with Gasteiger partial charge in [-0.05, 0) is 36.8 Å². The molecule has 1 saturated heterocycles. The molecule has 1 N–H and O–H groups in total. The Morgan fingerprint density at radius 3 is 2.63 bits per heavy atom. The molecule has 0 saturated carbocycles. The van der Waals surface area contributed by atoms with Crippen LogP contribution in [0.4, 0.5) is 10.1 Å². The number of anilines is 1. The van der Waals surface area contributed by atoms with E-state index in [1.165, 1.54) is 34.6 Å². The van der Waals surface area contributed by atoms with E-state index in [0.29, 0.717) is 18.8 Å². The summed E-state index contributed by atoms with van der Waals surface area (Å²) in [5.74, 6) is -1.38. The fraction of sp³-hybridized carbons (Fsp3) is 0.278. The quantitative estimate of drug-likeness (QED) is 0.837. The summed E-state index contributed by atoms with van der Waals surface area (Å²) in [4.78, 5) is 12.5. The van der Waals surface area contributed by atoms with Gasteiger partial charge in [0.25, 0.3) is 5.91 Å². The van der Waals surface area contributed by atoms with Gasteiger partial charge >= 0.3 is 0 Å². The zero-order valence-electron chi connectivity index (χ0n) is 14.5. The molecule has 27 heavy (non-hydrogen) atoms. The average molecular weight is 413 g/mol. The Balaban J connectivity index is 1.90. The van der Waals surface area contributed by atoms with E-state index in [-0.39, 0.29) is 34.3 Å². The zero-order valence-corrected chi connectivity index (χ0v) is 16.1. The molecule has 3 rings (SSSR count). The number of carbonyl (C=O) groups is 1. The number of amides is 1. The number of nitrogens with zero attached hydrogens (tertiary/aromatic N) is 1. The molecule has 1 fully saturated rings. The monoisotopic (exact) mass is 412 g/mol. The van der Waals surface area contributed by atoms with E-state index >= 15 is 0 Å². The van der Waals surface area contributed by atoms with Gasteiger partial charge in [0.05, 0.1) is 28.8 Å². The molecule has 0 radical (unpaired) electrons. The standard InChI is InChI=1S/C18H18ClFN2O4S/c1-12-5-6-13(18(23)21-15-4-2-3-14(19)17(15)20)11-16(12)27(24,25)22-7-9-26-10-8-22/h2-6,11H,7-10H2,1H3,(H,21,23). The molecule has 0 atom stereocenters. The van der Waals surface area contributed by atoms with Gasteiger partial charge in [-0.2, -0.15) is 4.31 Å². The third-order valence-corrected chi connectivity index (χ3v) is 6.57. The van der Waals surface area contributed by atoms with E-state index in [1.54, 1.807) is 13.0 Å². The number of rotatable bonds is 4. The maximum absolute atomic E-state index is 14.0. The van der Waals surface area contributed by atoms with Crippen molar-refractivity contribution in [2.75, 3.05) is 31.6 Å². The Bertz CT molecular complexity index is 975. The highest BCUT2D eigenvalue weighted by atomic mass is 35.5. The minimum absolute atomic E-state index is 0.0450. The first-order chi connectivity index (χ1) is 12.8. The van der Waals surface area contributed by atoms with Crippen molar-refractivity contribution in [3.8, 4) is 0 Å². The molecule has 9 heteroatoms. The first kappa shape index (κ1) is 19.8. The molecule has 144 valence electrons. The van der Waals surface area contributed by atoms with Gasteiger partial charge in [-0.1, -0.05) is 23.7 Å². The van der Waals surface area contributed by atoms with Crippen LogP contribution in [0.25, 0.3) is 0 Å². The van der Waals surface area contributed by atoms with Gasteiger partial charge < -0.3 is 10.1 Å². The lowest BCUT2D eigenvalue weighted by molar-refractivity contribution is 0.0730. The Morgan fingerprint density at radius 1 is 1.22 bits per heavy atom. The maximum atomic E-state index is 14.0. The molecule has 1 heterocycles. The number of ether oxygens (including phenoxy) is 1.